The summed E-state index contributed by atoms with van der Waals surface area (Å²) in [6, 6.07) is 0.0466. The van der Waals surface area contributed by atoms with Crippen LogP contribution in [0, 0.1) is 17.8 Å². The van der Waals surface area contributed by atoms with E-state index in [0.29, 0.717) is 31.3 Å². The number of nitrogens with zero attached hydrogens (tertiary/aromatic N) is 2. The topological polar surface area (TPSA) is 60.9 Å². The largest absolute Gasteiger partial charge is 0.481 e. The van der Waals surface area contributed by atoms with Crippen molar-refractivity contribution in [1.29, 1.82) is 0 Å². The van der Waals surface area contributed by atoms with Gasteiger partial charge in [0.05, 0.1) is 5.92 Å². The summed E-state index contributed by atoms with van der Waals surface area (Å²) in [6.45, 7) is 7.21. The fraction of sp³-hybridized carbons (Fsp3) is 0.875. The van der Waals surface area contributed by atoms with Gasteiger partial charge in [0.15, 0.2) is 0 Å². The summed E-state index contributed by atoms with van der Waals surface area (Å²) in [4.78, 5) is 27.4. The Bertz CT molecular complexity index is 384. The van der Waals surface area contributed by atoms with E-state index in [9.17, 15) is 9.59 Å². The lowest BCUT2D eigenvalue weighted by Crippen LogP contribution is -2.49. The molecule has 0 spiro atoms. The number of carboxylic acid groups (broad SMARTS) is 1. The SMILES string of the molecule is CC(C)C1CCCN(C(=O)N2CCC[C@H](C(=O)O)C2)CC1. The van der Waals surface area contributed by atoms with Crippen molar-refractivity contribution in [3.8, 4) is 0 Å². The van der Waals surface area contributed by atoms with Crippen LogP contribution in [0.15, 0.2) is 0 Å². The molecule has 5 heteroatoms. The van der Waals surface area contributed by atoms with Gasteiger partial charge in [0.2, 0.25) is 0 Å². The molecule has 2 heterocycles. The minimum absolute atomic E-state index is 0.0466. The van der Waals surface area contributed by atoms with Crippen molar-refractivity contribution >= 4 is 12.0 Å². The fourth-order valence-electron chi connectivity index (χ4n) is 3.53. The van der Waals surface area contributed by atoms with Crippen molar-refractivity contribution in [2.75, 3.05) is 26.2 Å². The molecule has 2 aliphatic heterocycles. The average molecular weight is 296 g/mol. The van der Waals surface area contributed by atoms with Crippen LogP contribution in [0.1, 0.15) is 46.0 Å². The first kappa shape index (κ1) is 16.1. The monoisotopic (exact) mass is 296 g/mol. The highest BCUT2D eigenvalue weighted by Crippen LogP contribution is 2.26. The summed E-state index contributed by atoms with van der Waals surface area (Å²) in [7, 11) is 0. The van der Waals surface area contributed by atoms with E-state index in [4.69, 9.17) is 5.11 Å². The third kappa shape index (κ3) is 4.11. The van der Waals surface area contributed by atoms with Crippen LogP contribution in [0.2, 0.25) is 0 Å². The predicted octanol–water partition coefficient (Wildman–Crippen LogP) is 2.66. The lowest BCUT2D eigenvalue weighted by molar-refractivity contribution is -0.143. The Morgan fingerprint density at radius 1 is 1.00 bits per heavy atom. The Labute approximate surface area is 127 Å². The van der Waals surface area contributed by atoms with Crippen molar-refractivity contribution in [3.63, 3.8) is 0 Å². The number of hydrogen-bond donors (Lipinski definition) is 1. The van der Waals surface area contributed by atoms with Gasteiger partial charge in [0.1, 0.15) is 0 Å². The molecule has 0 radical (unpaired) electrons. The van der Waals surface area contributed by atoms with Gasteiger partial charge in [-0.1, -0.05) is 13.8 Å². The van der Waals surface area contributed by atoms with Gasteiger partial charge >= 0.3 is 12.0 Å². The molecule has 2 saturated heterocycles. The van der Waals surface area contributed by atoms with E-state index >= 15 is 0 Å². The normalized spacial score (nSPS) is 27.6. The van der Waals surface area contributed by atoms with Crippen molar-refractivity contribution in [2.45, 2.75) is 46.0 Å². The maximum atomic E-state index is 12.6. The molecule has 5 nitrogen and oxygen atoms in total. The fourth-order valence-corrected chi connectivity index (χ4v) is 3.53. The van der Waals surface area contributed by atoms with Gasteiger partial charge in [-0.3, -0.25) is 4.79 Å². The standard InChI is InChI=1S/C16H28N2O3/c1-12(2)13-5-3-8-17(10-7-13)16(21)18-9-4-6-14(11-18)15(19)20/h12-14H,3-11H2,1-2H3,(H,19,20)/t13?,14-/m0/s1. The molecule has 0 bridgehead atoms. The molecule has 0 aromatic rings. The van der Waals surface area contributed by atoms with E-state index in [1.807, 2.05) is 4.90 Å². The number of amides is 2. The van der Waals surface area contributed by atoms with Crippen molar-refractivity contribution in [3.05, 3.63) is 0 Å². The lowest BCUT2D eigenvalue weighted by Gasteiger charge is -2.35. The molecule has 2 fully saturated rings. The molecule has 21 heavy (non-hydrogen) atoms. The van der Waals surface area contributed by atoms with Crippen molar-refractivity contribution in [1.82, 2.24) is 9.80 Å². The number of likely N-dealkylation sites (tertiary alicyclic amines) is 2. The number of rotatable bonds is 2. The maximum Gasteiger partial charge on any atom is 0.320 e. The third-order valence-corrected chi connectivity index (χ3v) is 5.03. The average Bonchev–Trinajstić information content (AvgIpc) is 2.72. The van der Waals surface area contributed by atoms with Crippen LogP contribution in [0.4, 0.5) is 4.79 Å². The number of hydrogen-bond acceptors (Lipinski definition) is 2. The first-order chi connectivity index (χ1) is 9.99. The van der Waals surface area contributed by atoms with E-state index in [-0.39, 0.29) is 6.03 Å². The number of carbonyl (C=O) groups excluding carboxylic acids is 1. The molecule has 0 aromatic carbocycles. The summed E-state index contributed by atoms with van der Waals surface area (Å²) in [5, 5.41) is 9.14. The zero-order valence-electron chi connectivity index (χ0n) is 13.3. The molecule has 0 aliphatic carbocycles. The maximum absolute atomic E-state index is 12.6. The Kier molecular flexibility index (Phi) is 5.48. The van der Waals surface area contributed by atoms with E-state index < -0.39 is 11.9 Å². The highest BCUT2D eigenvalue weighted by atomic mass is 16.4. The molecule has 120 valence electrons. The van der Waals surface area contributed by atoms with Gasteiger partial charge in [-0.2, -0.15) is 0 Å². The zero-order chi connectivity index (χ0) is 15.4. The first-order valence-electron chi connectivity index (χ1n) is 8.25. The molecule has 2 aliphatic rings. The smallest absolute Gasteiger partial charge is 0.320 e. The zero-order valence-corrected chi connectivity index (χ0v) is 13.3. The van der Waals surface area contributed by atoms with Gasteiger partial charge in [0, 0.05) is 26.2 Å². The van der Waals surface area contributed by atoms with Crippen LogP contribution < -0.4 is 0 Å². The Hall–Kier alpha value is -1.26. The summed E-state index contributed by atoms with van der Waals surface area (Å²) in [6.07, 6.45) is 4.81. The second-order valence-corrected chi connectivity index (χ2v) is 6.83. The van der Waals surface area contributed by atoms with Crippen LogP contribution in [-0.4, -0.2) is 53.1 Å². The molecule has 2 atom stereocenters. The second kappa shape index (κ2) is 7.14. The molecule has 2 rings (SSSR count). The predicted molar refractivity (Wildman–Crippen MR) is 81.1 cm³/mol. The summed E-state index contributed by atoms with van der Waals surface area (Å²) in [5.74, 6) is 0.212. The van der Waals surface area contributed by atoms with Crippen molar-refractivity contribution in [2.24, 2.45) is 17.8 Å². The molecule has 0 aromatic heterocycles. The molecular weight excluding hydrogens is 268 g/mol. The van der Waals surface area contributed by atoms with Gasteiger partial charge in [0.25, 0.3) is 0 Å². The number of piperidine rings is 1. The van der Waals surface area contributed by atoms with Crippen LogP contribution in [-0.2, 0) is 4.79 Å². The number of aliphatic carboxylic acids is 1. The quantitative estimate of drug-likeness (QED) is 0.852. The van der Waals surface area contributed by atoms with E-state index in [1.165, 1.54) is 6.42 Å². The Morgan fingerprint density at radius 2 is 1.67 bits per heavy atom. The number of carboxylic acids is 1. The van der Waals surface area contributed by atoms with Gasteiger partial charge in [-0.05, 0) is 43.9 Å². The lowest BCUT2D eigenvalue weighted by atomic mass is 9.89. The van der Waals surface area contributed by atoms with E-state index in [2.05, 4.69) is 13.8 Å². The Morgan fingerprint density at radius 3 is 2.33 bits per heavy atom. The molecule has 1 unspecified atom stereocenters. The summed E-state index contributed by atoms with van der Waals surface area (Å²) >= 11 is 0. The minimum atomic E-state index is -0.775. The number of urea groups is 1. The van der Waals surface area contributed by atoms with E-state index in [1.54, 1.807) is 4.90 Å². The minimum Gasteiger partial charge on any atom is -0.481 e. The van der Waals surface area contributed by atoms with Gasteiger partial charge in [-0.15, -0.1) is 0 Å². The van der Waals surface area contributed by atoms with Crippen LogP contribution in [0.3, 0.4) is 0 Å². The molecule has 1 N–H and O–H groups in total. The van der Waals surface area contributed by atoms with Crippen LogP contribution >= 0.6 is 0 Å². The molecule has 2 amide bonds. The first-order valence-corrected chi connectivity index (χ1v) is 8.25. The van der Waals surface area contributed by atoms with Crippen LogP contribution in [0.25, 0.3) is 0 Å². The molecular formula is C16H28N2O3. The highest BCUT2D eigenvalue weighted by molar-refractivity contribution is 5.76. The second-order valence-electron chi connectivity index (χ2n) is 6.83. The Balaban J connectivity index is 1.91. The number of carbonyl (C=O) groups is 2. The summed E-state index contributed by atoms with van der Waals surface area (Å²) in [5.41, 5.74) is 0. The van der Waals surface area contributed by atoms with Gasteiger partial charge < -0.3 is 14.9 Å². The van der Waals surface area contributed by atoms with Crippen molar-refractivity contribution < 1.29 is 14.7 Å². The summed E-state index contributed by atoms with van der Waals surface area (Å²) < 4.78 is 0. The van der Waals surface area contributed by atoms with Gasteiger partial charge in [-0.25, -0.2) is 4.79 Å². The molecule has 0 saturated carbocycles. The third-order valence-electron chi connectivity index (χ3n) is 5.03. The van der Waals surface area contributed by atoms with Crippen LogP contribution in [0.5, 0.6) is 0 Å². The van der Waals surface area contributed by atoms with E-state index in [0.717, 1.165) is 32.4 Å². The highest BCUT2D eigenvalue weighted by Gasteiger charge is 2.31.